The fourth-order valence-corrected chi connectivity index (χ4v) is 3.11. The molecule has 0 aliphatic heterocycles. The van der Waals surface area contributed by atoms with E-state index in [2.05, 4.69) is 12.2 Å². The Kier molecular flexibility index (Phi) is 4.70. The maximum absolute atomic E-state index is 13.5. The molecule has 0 heterocycles. The van der Waals surface area contributed by atoms with Gasteiger partial charge in [-0.3, -0.25) is 0 Å². The number of benzene rings is 1. The van der Waals surface area contributed by atoms with E-state index in [1.54, 1.807) is 6.07 Å². The topological polar surface area (TPSA) is 38.0 Å². The van der Waals surface area contributed by atoms with Crippen molar-refractivity contribution in [1.82, 2.24) is 0 Å². The van der Waals surface area contributed by atoms with Gasteiger partial charge in [-0.1, -0.05) is 13.3 Å². The number of anilines is 2. The lowest BCUT2D eigenvalue weighted by atomic mass is 9.84. The Morgan fingerprint density at radius 2 is 2.00 bits per heavy atom. The average Bonchev–Trinajstić information content (AvgIpc) is 2.37. The van der Waals surface area contributed by atoms with Gasteiger partial charge in [-0.05, 0) is 60.3 Å². The van der Waals surface area contributed by atoms with E-state index in [0.717, 1.165) is 24.4 Å². The molecule has 1 aliphatic carbocycles. The van der Waals surface area contributed by atoms with Crippen LogP contribution >= 0.6 is 22.6 Å². The van der Waals surface area contributed by atoms with Crippen molar-refractivity contribution in [1.29, 1.82) is 0 Å². The quantitative estimate of drug-likeness (QED) is 0.618. The van der Waals surface area contributed by atoms with Crippen LogP contribution in [0.15, 0.2) is 12.1 Å². The van der Waals surface area contributed by atoms with Crippen LogP contribution in [0.3, 0.4) is 0 Å². The Hall–Kier alpha value is -0.520. The minimum atomic E-state index is -0.199. The second-order valence-electron chi connectivity index (χ2n) is 5.12. The normalized spacial score (nSPS) is 23.9. The molecule has 0 atom stereocenters. The second kappa shape index (κ2) is 6.08. The molecular formula is C14H20FIN2. The molecule has 0 aromatic heterocycles. The zero-order valence-corrected chi connectivity index (χ0v) is 12.8. The van der Waals surface area contributed by atoms with Gasteiger partial charge in [0.05, 0.1) is 14.9 Å². The van der Waals surface area contributed by atoms with Gasteiger partial charge in [-0.25, -0.2) is 4.39 Å². The summed E-state index contributed by atoms with van der Waals surface area (Å²) in [7, 11) is 0. The molecule has 0 radical (unpaired) electrons. The van der Waals surface area contributed by atoms with E-state index in [0.29, 0.717) is 15.3 Å². The maximum Gasteiger partial charge on any atom is 0.138 e. The summed E-state index contributed by atoms with van der Waals surface area (Å²) in [6.07, 6.45) is 6.12. The molecule has 1 aromatic carbocycles. The molecule has 3 N–H and O–H groups in total. The molecule has 0 unspecified atom stereocenters. The van der Waals surface area contributed by atoms with Gasteiger partial charge in [-0.2, -0.15) is 0 Å². The molecule has 2 rings (SSSR count). The summed E-state index contributed by atoms with van der Waals surface area (Å²) in [5, 5.41) is 3.39. The molecule has 4 heteroatoms. The van der Waals surface area contributed by atoms with Crippen molar-refractivity contribution in [3.05, 3.63) is 21.5 Å². The molecule has 18 heavy (non-hydrogen) atoms. The first-order valence-electron chi connectivity index (χ1n) is 6.61. The van der Waals surface area contributed by atoms with Crippen LogP contribution in [0.4, 0.5) is 15.8 Å². The van der Waals surface area contributed by atoms with Crippen molar-refractivity contribution in [3.8, 4) is 0 Å². The van der Waals surface area contributed by atoms with Crippen LogP contribution in [0.2, 0.25) is 0 Å². The van der Waals surface area contributed by atoms with E-state index in [-0.39, 0.29) is 5.82 Å². The third kappa shape index (κ3) is 3.28. The van der Waals surface area contributed by atoms with E-state index in [4.69, 9.17) is 5.73 Å². The summed E-state index contributed by atoms with van der Waals surface area (Å²) in [6, 6.07) is 3.65. The number of rotatable bonds is 3. The predicted octanol–water partition coefficient (Wildman–Crippen LogP) is 4.39. The Labute approximate surface area is 122 Å². The highest BCUT2D eigenvalue weighted by molar-refractivity contribution is 14.1. The Morgan fingerprint density at radius 3 is 2.61 bits per heavy atom. The third-order valence-corrected chi connectivity index (χ3v) is 4.70. The van der Waals surface area contributed by atoms with Gasteiger partial charge in [0.15, 0.2) is 0 Å². The van der Waals surface area contributed by atoms with Gasteiger partial charge < -0.3 is 11.1 Å². The summed E-state index contributed by atoms with van der Waals surface area (Å²) in [6.45, 7) is 2.25. The number of halogens is 2. The standard InChI is InChI=1S/C14H20FIN2/c1-2-9-3-5-10(6-4-9)18-14-7-11(15)12(16)8-13(14)17/h7-10,18H,2-6,17H2,1H3. The minimum Gasteiger partial charge on any atom is -0.397 e. The molecule has 1 saturated carbocycles. The first-order chi connectivity index (χ1) is 8.60. The fourth-order valence-electron chi connectivity index (χ4n) is 2.62. The van der Waals surface area contributed by atoms with E-state index >= 15 is 0 Å². The van der Waals surface area contributed by atoms with E-state index < -0.39 is 0 Å². The molecule has 0 saturated heterocycles. The van der Waals surface area contributed by atoms with Crippen LogP contribution < -0.4 is 11.1 Å². The highest BCUT2D eigenvalue weighted by Crippen LogP contribution is 2.31. The average molecular weight is 362 g/mol. The SMILES string of the molecule is CCC1CCC(Nc2cc(F)c(I)cc2N)CC1. The smallest absolute Gasteiger partial charge is 0.138 e. The maximum atomic E-state index is 13.5. The highest BCUT2D eigenvalue weighted by Gasteiger charge is 2.20. The molecule has 0 spiro atoms. The second-order valence-corrected chi connectivity index (χ2v) is 6.29. The van der Waals surface area contributed by atoms with Crippen LogP contribution in [-0.4, -0.2) is 6.04 Å². The van der Waals surface area contributed by atoms with Crippen LogP contribution in [0.5, 0.6) is 0 Å². The molecule has 0 amide bonds. The minimum absolute atomic E-state index is 0.199. The molecule has 1 aromatic rings. The van der Waals surface area contributed by atoms with Crippen molar-refractivity contribution in [3.63, 3.8) is 0 Å². The molecule has 100 valence electrons. The number of hydrogen-bond donors (Lipinski definition) is 2. The van der Waals surface area contributed by atoms with Crippen molar-refractivity contribution in [2.24, 2.45) is 5.92 Å². The van der Waals surface area contributed by atoms with Crippen LogP contribution in [-0.2, 0) is 0 Å². The van der Waals surface area contributed by atoms with Gasteiger partial charge in [0.25, 0.3) is 0 Å². The van der Waals surface area contributed by atoms with Crippen LogP contribution in [0, 0.1) is 15.3 Å². The molecule has 2 nitrogen and oxygen atoms in total. The Balaban J connectivity index is 2.00. The Morgan fingerprint density at radius 1 is 1.33 bits per heavy atom. The van der Waals surface area contributed by atoms with Crippen molar-refractivity contribution in [2.45, 2.75) is 45.1 Å². The molecule has 0 bridgehead atoms. The predicted molar refractivity (Wildman–Crippen MR) is 83.2 cm³/mol. The largest absolute Gasteiger partial charge is 0.397 e. The van der Waals surface area contributed by atoms with E-state index in [1.165, 1.54) is 25.3 Å². The Bertz CT molecular complexity index is 415. The summed E-state index contributed by atoms with van der Waals surface area (Å²) in [5.74, 6) is 0.670. The lowest BCUT2D eigenvalue weighted by molar-refractivity contribution is 0.330. The number of nitrogens with one attached hydrogen (secondary N) is 1. The van der Waals surface area contributed by atoms with Gasteiger partial charge in [0.1, 0.15) is 5.82 Å². The fraction of sp³-hybridized carbons (Fsp3) is 0.571. The van der Waals surface area contributed by atoms with E-state index in [9.17, 15) is 4.39 Å². The summed E-state index contributed by atoms with van der Waals surface area (Å²) >= 11 is 1.96. The highest BCUT2D eigenvalue weighted by atomic mass is 127. The first-order valence-corrected chi connectivity index (χ1v) is 7.69. The van der Waals surface area contributed by atoms with Gasteiger partial charge >= 0.3 is 0 Å². The monoisotopic (exact) mass is 362 g/mol. The van der Waals surface area contributed by atoms with Crippen LogP contribution in [0.25, 0.3) is 0 Å². The third-order valence-electron chi connectivity index (χ3n) is 3.88. The zero-order valence-electron chi connectivity index (χ0n) is 10.7. The van der Waals surface area contributed by atoms with Crippen LogP contribution in [0.1, 0.15) is 39.0 Å². The van der Waals surface area contributed by atoms with Gasteiger partial charge in [0, 0.05) is 12.1 Å². The van der Waals surface area contributed by atoms with Crippen molar-refractivity contribution in [2.75, 3.05) is 11.1 Å². The lowest BCUT2D eigenvalue weighted by Crippen LogP contribution is -2.26. The number of nitrogen functional groups attached to an aromatic ring is 1. The van der Waals surface area contributed by atoms with Crippen molar-refractivity contribution < 1.29 is 4.39 Å². The summed E-state index contributed by atoms with van der Waals surface area (Å²) < 4.78 is 14.1. The lowest BCUT2D eigenvalue weighted by Gasteiger charge is -2.29. The summed E-state index contributed by atoms with van der Waals surface area (Å²) in [5.41, 5.74) is 7.31. The molecule has 1 aliphatic rings. The summed E-state index contributed by atoms with van der Waals surface area (Å²) in [4.78, 5) is 0. The van der Waals surface area contributed by atoms with Gasteiger partial charge in [-0.15, -0.1) is 0 Å². The molecular weight excluding hydrogens is 342 g/mol. The zero-order chi connectivity index (χ0) is 13.1. The number of hydrogen-bond acceptors (Lipinski definition) is 2. The number of nitrogens with two attached hydrogens (primary N) is 1. The van der Waals surface area contributed by atoms with Gasteiger partial charge in [0.2, 0.25) is 0 Å². The first kappa shape index (κ1) is 13.9. The van der Waals surface area contributed by atoms with E-state index in [1.807, 2.05) is 22.6 Å². The molecule has 1 fully saturated rings. The van der Waals surface area contributed by atoms with Crippen molar-refractivity contribution >= 4 is 34.0 Å².